The summed E-state index contributed by atoms with van der Waals surface area (Å²) in [6, 6.07) is 9.39. The van der Waals surface area contributed by atoms with Crippen LogP contribution in [0, 0.1) is 0 Å². The Kier molecular flexibility index (Phi) is 5.32. The highest BCUT2D eigenvalue weighted by Crippen LogP contribution is 2.12. The van der Waals surface area contributed by atoms with Gasteiger partial charge in [0.05, 0.1) is 25.0 Å². The molecular weight excluding hydrogens is 286 g/mol. The fourth-order valence-electron chi connectivity index (χ4n) is 1.98. The van der Waals surface area contributed by atoms with E-state index >= 15 is 0 Å². The number of amides is 1. The van der Waals surface area contributed by atoms with Crippen LogP contribution in [0.3, 0.4) is 0 Å². The molecule has 2 aromatic rings. The standard InChI is InChI=1S/C16H17NO5/c1-21-10-8-17(11-14-3-2-9-22-14)15(18)12-4-6-13(7-5-12)16(19)20/h2-7,9H,8,10-11H2,1H3,(H,19,20). The van der Waals surface area contributed by atoms with Crippen LogP contribution in [0.2, 0.25) is 0 Å². The van der Waals surface area contributed by atoms with Crippen molar-refractivity contribution in [2.24, 2.45) is 0 Å². The number of aromatic carboxylic acids is 1. The number of benzene rings is 1. The number of methoxy groups -OCH3 is 1. The molecule has 116 valence electrons. The van der Waals surface area contributed by atoms with E-state index in [1.54, 1.807) is 30.4 Å². The third-order valence-corrected chi connectivity index (χ3v) is 3.16. The number of ether oxygens (including phenoxy) is 1. The van der Waals surface area contributed by atoms with Crippen molar-refractivity contribution in [3.05, 3.63) is 59.5 Å². The minimum absolute atomic E-state index is 0.144. The van der Waals surface area contributed by atoms with Gasteiger partial charge >= 0.3 is 5.97 Å². The maximum absolute atomic E-state index is 12.5. The lowest BCUT2D eigenvalue weighted by Crippen LogP contribution is -2.33. The molecule has 1 N–H and O–H groups in total. The fourth-order valence-corrected chi connectivity index (χ4v) is 1.98. The Labute approximate surface area is 127 Å². The molecule has 22 heavy (non-hydrogen) atoms. The first-order valence-corrected chi connectivity index (χ1v) is 6.75. The molecular formula is C16H17NO5. The van der Waals surface area contributed by atoms with E-state index in [2.05, 4.69) is 0 Å². The Morgan fingerprint density at radius 3 is 2.41 bits per heavy atom. The van der Waals surface area contributed by atoms with Gasteiger partial charge in [-0.15, -0.1) is 0 Å². The molecule has 0 radical (unpaired) electrons. The molecule has 0 unspecified atom stereocenters. The number of carbonyl (C=O) groups is 2. The van der Waals surface area contributed by atoms with Gasteiger partial charge in [0.15, 0.2) is 0 Å². The Bertz CT molecular complexity index is 618. The first kappa shape index (κ1) is 15.8. The predicted molar refractivity (Wildman–Crippen MR) is 78.7 cm³/mol. The zero-order chi connectivity index (χ0) is 15.9. The quantitative estimate of drug-likeness (QED) is 0.848. The summed E-state index contributed by atoms with van der Waals surface area (Å²) >= 11 is 0. The van der Waals surface area contributed by atoms with Gasteiger partial charge in [0.2, 0.25) is 0 Å². The molecule has 0 aliphatic rings. The normalized spacial score (nSPS) is 10.4. The third kappa shape index (κ3) is 3.95. The number of furan rings is 1. The Balaban J connectivity index is 2.14. The van der Waals surface area contributed by atoms with E-state index in [0.29, 0.717) is 31.0 Å². The van der Waals surface area contributed by atoms with E-state index in [-0.39, 0.29) is 11.5 Å². The van der Waals surface area contributed by atoms with Crippen LogP contribution >= 0.6 is 0 Å². The second-order valence-electron chi connectivity index (χ2n) is 4.68. The second-order valence-corrected chi connectivity index (χ2v) is 4.68. The van der Waals surface area contributed by atoms with E-state index in [9.17, 15) is 9.59 Å². The SMILES string of the molecule is COCCN(Cc1ccco1)C(=O)c1ccc(C(=O)O)cc1. The predicted octanol–water partition coefficient (Wildman–Crippen LogP) is 2.27. The average Bonchev–Trinajstić information content (AvgIpc) is 3.04. The molecule has 1 amide bonds. The van der Waals surface area contributed by atoms with Crippen molar-refractivity contribution in [1.82, 2.24) is 4.90 Å². The molecule has 1 aromatic carbocycles. The first-order chi connectivity index (χ1) is 10.6. The number of rotatable bonds is 7. The lowest BCUT2D eigenvalue weighted by Gasteiger charge is -2.21. The van der Waals surface area contributed by atoms with E-state index in [1.807, 2.05) is 0 Å². The Morgan fingerprint density at radius 2 is 1.86 bits per heavy atom. The number of hydrogen-bond donors (Lipinski definition) is 1. The van der Waals surface area contributed by atoms with Crippen molar-refractivity contribution in [3.8, 4) is 0 Å². The van der Waals surface area contributed by atoms with Crippen molar-refractivity contribution in [3.63, 3.8) is 0 Å². The van der Waals surface area contributed by atoms with Crippen LogP contribution in [-0.4, -0.2) is 42.1 Å². The maximum Gasteiger partial charge on any atom is 0.335 e. The van der Waals surface area contributed by atoms with Gasteiger partial charge in [-0.3, -0.25) is 4.79 Å². The van der Waals surface area contributed by atoms with Crippen molar-refractivity contribution in [2.75, 3.05) is 20.3 Å². The molecule has 0 aliphatic carbocycles. The monoisotopic (exact) mass is 303 g/mol. The van der Waals surface area contributed by atoms with Gasteiger partial charge in [-0.1, -0.05) is 0 Å². The van der Waals surface area contributed by atoms with Crippen LogP contribution in [0.4, 0.5) is 0 Å². The molecule has 0 atom stereocenters. The lowest BCUT2D eigenvalue weighted by molar-refractivity contribution is 0.0662. The summed E-state index contributed by atoms with van der Waals surface area (Å²) in [5.74, 6) is -0.553. The van der Waals surface area contributed by atoms with Gasteiger partial charge in [0, 0.05) is 19.2 Å². The number of hydrogen-bond acceptors (Lipinski definition) is 4. The third-order valence-electron chi connectivity index (χ3n) is 3.16. The van der Waals surface area contributed by atoms with Crippen LogP contribution in [0.25, 0.3) is 0 Å². The van der Waals surface area contributed by atoms with Crippen molar-refractivity contribution >= 4 is 11.9 Å². The molecule has 0 aliphatic heterocycles. The van der Waals surface area contributed by atoms with E-state index in [1.165, 1.54) is 24.3 Å². The first-order valence-electron chi connectivity index (χ1n) is 6.75. The number of carboxylic acids is 1. The van der Waals surface area contributed by atoms with Crippen LogP contribution in [-0.2, 0) is 11.3 Å². The largest absolute Gasteiger partial charge is 0.478 e. The number of carbonyl (C=O) groups excluding carboxylic acids is 1. The molecule has 0 spiro atoms. The van der Waals surface area contributed by atoms with Crippen molar-refractivity contribution in [1.29, 1.82) is 0 Å². The molecule has 2 rings (SSSR count). The highest BCUT2D eigenvalue weighted by Gasteiger charge is 2.17. The Morgan fingerprint density at radius 1 is 1.18 bits per heavy atom. The van der Waals surface area contributed by atoms with E-state index in [4.69, 9.17) is 14.3 Å². The highest BCUT2D eigenvalue weighted by atomic mass is 16.5. The summed E-state index contributed by atoms with van der Waals surface area (Å²) in [6.45, 7) is 1.15. The van der Waals surface area contributed by atoms with Crippen molar-refractivity contribution < 1.29 is 23.8 Å². The molecule has 0 saturated carbocycles. The van der Waals surface area contributed by atoms with Crippen LogP contribution in [0.5, 0.6) is 0 Å². The number of nitrogens with zero attached hydrogens (tertiary/aromatic N) is 1. The van der Waals surface area contributed by atoms with Gasteiger partial charge in [-0.25, -0.2) is 4.79 Å². The molecule has 1 heterocycles. The van der Waals surface area contributed by atoms with E-state index in [0.717, 1.165) is 0 Å². The van der Waals surface area contributed by atoms with Crippen LogP contribution in [0.15, 0.2) is 47.1 Å². The molecule has 0 fully saturated rings. The zero-order valence-corrected chi connectivity index (χ0v) is 12.2. The average molecular weight is 303 g/mol. The zero-order valence-electron chi connectivity index (χ0n) is 12.2. The number of carboxylic acid groups (broad SMARTS) is 1. The summed E-state index contributed by atoms with van der Waals surface area (Å²) in [5.41, 5.74) is 0.568. The van der Waals surface area contributed by atoms with Gasteiger partial charge in [0.1, 0.15) is 5.76 Å². The minimum Gasteiger partial charge on any atom is -0.478 e. The van der Waals surface area contributed by atoms with Crippen LogP contribution < -0.4 is 0 Å². The molecule has 0 saturated heterocycles. The smallest absolute Gasteiger partial charge is 0.335 e. The molecule has 6 nitrogen and oxygen atoms in total. The topological polar surface area (TPSA) is 80.0 Å². The minimum atomic E-state index is -1.02. The highest BCUT2D eigenvalue weighted by molar-refractivity contribution is 5.95. The van der Waals surface area contributed by atoms with E-state index < -0.39 is 5.97 Å². The molecule has 1 aromatic heterocycles. The fraction of sp³-hybridized carbons (Fsp3) is 0.250. The summed E-state index contributed by atoms with van der Waals surface area (Å²) in [4.78, 5) is 25.0. The summed E-state index contributed by atoms with van der Waals surface area (Å²) in [6.07, 6.45) is 1.55. The van der Waals surface area contributed by atoms with Gasteiger partial charge in [0.25, 0.3) is 5.91 Å². The Hall–Kier alpha value is -2.60. The summed E-state index contributed by atoms with van der Waals surface area (Å²) in [7, 11) is 1.57. The summed E-state index contributed by atoms with van der Waals surface area (Å²) in [5, 5.41) is 8.89. The lowest BCUT2D eigenvalue weighted by atomic mass is 10.1. The van der Waals surface area contributed by atoms with Gasteiger partial charge in [-0.05, 0) is 36.4 Å². The molecule has 6 heteroatoms. The van der Waals surface area contributed by atoms with Crippen LogP contribution in [0.1, 0.15) is 26.5 Å². The van der Waals surface area contributed by atoms with Gasteiger partial charge in [-0.2, -0.15) is 0 Å². The van der Waals surface area contributed by atoms with Gasteiger partial charge < -0.3 is 19.2 Å². The second kappa shape index (κ2) is 7.42. The maximum atomic E-state index is 12.5. The summed E-state index contributed by atoms with van der Waals surface area (Å²) < 4.78 is 10.3. The molecule has 0 bridgehead atoms. The van der Waals surface area contributed by atoms with Crippen molar-refractivity contribution in [2.45, 2.75) is 6.54 Å².